The molecule has 0 radical (unpaired) electrons. The minimum Gasteiger partial charge on any atom is -0.304 e. The Balaban J connectivity index is 1.61. The number of hydrogen-bond donors (Lipinski definition) is 0. The van der Waals surface area contributed by atoms with Crippen LogP contribution in [0.5, 0.6) is 0 Å². The molecule has 0 aliphatic carbocycles. The van der Waals surface area contributed by atoms with Gasteiger partial charge in [-0.25, -0.2) is 0 Å². The highest BCUT2D eigenvalue weighted by Crippen LogP contribution is 2.22. The lowest BCUT2D eigenvalue weighted by Gasteiger charge is -2.33. The summed E-state index contributed by atoms with van der Waals surface area (Å²) >= 11 is 0. The summed E-state index contributed by atoms with van der Waals surface area (Å²) in [5.41, 5.74) is 2.56. The van der Waals surface area contributed by atoms with Gasteiger partial charge in [0.2, 0.25) is 8.07 Å². The third-order valence-corrected chi connectivity index (χ3v) is 11.9. The monoisotopic (exact) mass is 496 g/mol. The summed E-state index contributed by atoms with van der Waals surface area (Å²) in [7, 11) is -2.96. The molecule has 0 aliphatic rings. The maximum atomic E-state index is 14.9. The van der Waals surface area contributed by atoms with Crippen molar-refractivity contribution < 1.29 is 4.79 Å². The third-order valence-electron chi connectivity index (χ3n) is 7.25. The second-order valence-electron chi connectivity index (χ2n) is 9.72. The Bertz CT molecular complexity index is 1250. The van der Waals surface area contributed by atoms with Crippen LogP contribution in [0, 0.1) is 5.92 Å². The highest BCUT2D eigenvalue weighted by molar-refractivity contribution is 7.29. The quantitative estimate of drug-likeness (QED) is 0.178. The average Bonchev–Trinajstić information content (AvgIpc) is 2.96. The minimum atomic E-state index is -2.96. The number of rotatable bonds is 10. The Labute approximate surface area is 221 Å². The first-order valence-corrected chi connectivity index (χ1v) is 15.0. The van der Waals surface area contributed by atoms with Gasteiger partial charge in [-0.15, -0.1) is 0 Å². The van der Waals surface area contributed by atoms with Gasteiger partial charge in [0.1, 0.15) is 5.41 Å². The van der Waals surface area contributed by atoms with Crippen molar-refractivity contribution in [2.45, 2.75) is 19.3 Å². The van der Waals surface area contributed by atoms with Crippen molar-refractivity contribution in [2.75, 3.05) is 0 Å². The SMILES string of the molecule is O=C(CC(Cc1ccccc1)Cc1ccccc1)[Si](c1ccccc1)(c1ccccc1)c1ccccc1. The first-order chi connectivity index (χ1) is 18.3. The van der Waals surface area contributed by atoms with Gasteiger partial charge < -0.3 is 4.79 Å². The zero-order valence-corrected chi connectivity index (χ0v) is 22.0. The van der Waals surface area contributed by atoms with E-state index < -0.39 is 8.07 Å². The van der Waals surface area contributed by atoms with E-state index in [-0.39, 0.29) is 5.92 Å². The lowest BCUT2D eigenvalue weighted by atomic mass is 9.90. The number of carbonyl (C=O) groups is 1. The summed E-state index contributed by atoms with van der Waals surface area (Å²) < 4.78 is 0. The molecule has 0 spiro atoms. The van der Waals surface area contributed by atoms with E-state index in [0.717, 1.165) is 28.4 Å². The van der Waals surface area contributed by atoms with Crippen LogP contribution in [0.25, 0.3) is 0 Å². The van der Waals surface area contributed by atoms with E-state index in [0.29, 0.717) is 11.8 Å². The lowest BCUT2D eigenvalue weighted by Crippen LogP contribution is -2.72. The first-order valence-electron chi connectivity index (χ1n) is 13.0. The molecule has 0 amide bonds. The average molecular weight is 497 g/mol. The van der Waals surface area contributed by atoms with E-state index in [9.17, 15) is 4.79 Å². The molecular weight excluding hydrogens is 464 g/mol. The molecule has 0 atom stereocenters. The molecule has 0 unspecified atom stereocenters. The van der Waals surface area contributed by atoms with Crippen molar-refractivity contribution in [1.29, 1.82) is 0 Å². The summed E-state index contributed by atoms with van der Waals surface area (Å²) in [6, 6.07) is 52.7. The summed E-state index contributed by atoms with van der Waals surface area (Å²) in [6.45, 7) is 0. The fourth-order valence-corrected chi connectivity index (χ4v) is 10.2. The van der Waals surface area contributed by atoms with E-state index in [1.165, 1.54) is 11.1 Å². The molecule has 1 nitrogen and oxygen atoms in total. The van der Waals surface area contributed by atoms with Gasteiger partial charge in [-0.05, 0) is 45.4 Å². The Kier molecular flexibility index (Phi) is 7.88. The molecule has 5 rings (SSSR count). The molecule has 0 N–H and O–H groups in total. The van der Waals surface area contributed by atoms with Crippen LogP contribution in [-0.2, 0) is 17.6 Å². The zero-order chi connectivity index (χ0) is 25.3. The zero-order valence-electron chi connectivity index (χ0n) is 21.0. The van der Waals surface area contributed by atoms with Gasteiger partial charge in [0.25, 0.3) is 0 Å². The van der Waals surface area contributed by atoms with Crippen LogP contribution in [0.2, 0.25) is 0 Å². The highest BCUT2D eigenvalue weighted by atomic mass is 28.3. The first kappa shape index (κ1) is 24.7. The summed E-state index contributed by atoms with van der Waals surface area (Å²) in [6.07, 6.45) is 2.29. The van der Waals surface area contributed by atoms with Crippen molar-refractivity contribution in [2.24, 2.45) is 5.92 Å². The molecule has 182 valence electrons. The van der Waals surface area contributed by atoms with Crippen molar-refractivity contribution in [3.63, 3.8) is 0 Å². The molecule has 0 aromatic heterocycles. The lowest BCUT2D eigenvalue weighted by molar-refractivity contribution is -0.113. The number of carbonyl (C=O) groups excluding carboxylic acids is 1. The molecule has 37 heavy (non-hydrogen) atoms. The van der Waals surface area contributed by atoms with Crippen LogP contribution in [0.1, 0.15) is 17.5 Å². The summed E-state index contributed by atoms with van der Waals surface area (Å²) in [4.78, 5) is 14.9. The molecule has 5 aromatic rings. The molecule has 2 heteroatoms. The minimum absolute atomic E-state index is 0.209. The van der Waals surface area contributed by atoms with Gasteiger partial charge in [-0.3, -0.25) is 0 Å². The highest BCUT2D eigenvalue weighted by Gasteiger charge is 2.46. The Morgan fingerprint density at radius 3 is 1.08 bits per heavy atom. The topological polar surface area (TPSA) is 17.1 Å². The Morgan fingerprint density at radius 2 is 0.757 bits per heavy atom. The van der Waals surface area contributed by atoms with Gasteiger partial charge in [0, 0.05) is 6.42 Å². The van der Waals surface area contributed by atoms with Crippen molar-refractivity contribution in [1.82, 2.24) is 0 Å². The number of hydrogen-bond acceptors (Lipinski definition) is 1. The van der Waals surface area contributed by atoms with E-state index >= 15 is 0 Å². The molecule has 0 saturated heterocycles. The van der Waals surface area contributed by atoms with Crippen LogP contribution >= 0.6 is 0 Å². The van der Waals surface area contributed by atoms with E-state index in [1.807, 2.05) is 18.2 Å². The number of benzene rings is 5. The van der Waals surface area contributed by atoms with Gasteiger partial charge in [-0.1, -0.05) is 152 Å². The van der Waals surface area contributed by atoms with Crippen LogP contribution < -0.4 is 15.6 Å². The molecular formula is C35H32OSi. The molecule has 0 aliphatic heterocycles. The van der Waals surface area contributed by atoms with Gasteiger partial charge in [0.15, 0.2) is 0 Å². The molecule has 0 heterocycles. The normalized spacial score (nSPS) is 11.4. The van der Waals surface area contributed by atoms with E-state index in [2.05, 4.69) is 133 Å². The summed E-state index contributed by atoms with van der Waals surface area (Å²) in [5, 5.41) is 3.81. The predicted molar refractivity (Wildman–Crippen MR) is 157 cm³/mol. The fourth-order valence-electron chi connectivity index (χ4n) is 5.57. The smallest absolute Gasteiger partial charge is 0.224 e. The predicted octanol–water partition coefficient (Wildman–Crippen LogP) is 5.76. The van der Waals surface area contributed by atoms with Crippen molar-refractivity contribution in [3.8, 4) is 0 Å². The fraction of sp³-hybridized carbons (Fsp3) is 0.114. The molecule has 0 saturated carbocycles. The maximum absolute atomic E-state index is 14.9. The van der Waals surface area contributed by atoms with Crippen LogP contribution in [-0.4, -0.2) is 13.5 Å². The molecule has 0 bridgehead atoms. The largest absolute Gasteiger partial charge is 0.304 e. The van der Waals surface area contributed by atoms with Gasteiger partial charge >= 0.3 is 0 Å². The Hall–Kier alpha value is -4.01. The van der Waals surface area contributed by atoms with Crippen molar-refractivity contribution in [3.05, 3.63) is 163 Å². The second kappa shape index (κ2) is 11.8. The Morgan fingerprint density at radius 1 is 0.459 bits per heavy atom. The van der Waals surface area contributed by atoms with Crippen LogP contribution in [0.4, 0.5) is 0 Å². The van der Waals surface area contributed by atoms with Gasteiger partial charge in [-0.2, -0.15) is 0 Å². The molecule has 0 fully saturated rings. The maximum Gasteiger partial charge on any atom is 0.224 e. The standard InChI is InChI=1S/C35H32OSi/c36-35(28-31(26-29-16-6-1-7-17-29)27-30-18-8-2-9-19-30)37(32-20-10-3-11-21-32,33-22-12-4-13-23-33)34-24-14-5-15-25-34/h1-25,31H,26-28H2. The van der Waals surface area contributed by atoms with Gasteiger partial charge in [0.05, 0.1) is 0 Å². The molecule has 5 aromatic carbocycles. The van der Waals surface area contributed by atoms with Crippen LogP contribution in [0.3, 0.4) is 0 Å². The van der Waals surface area contributed by atoms with E-state index in [1.54, 1.807) is 0 Å². The second-order valence-corrected chi connectivity index (χ2v) is 13.5. The van der Waals surface area contributed by atoms with Crippen LogP contribution in [0.15, 0.2) is 152 Å². The summed E-state index contributed by atoms with van der Waals surface area (Å²) in [5.74, 6) is 0.209. The van der Waals surface area contributed by atoms with Crippen molar-refractivity contribution >= 4 is 29.0 Å². The van der Waals surface area contributed by atoms with E-state index in [4.69, 9.17) is 0 Å². The third kappa shape index (κ3) is 5.55.